The van der Waals surface area contributed by atoms with Crippen LogP contribution in [0.15, 0.2) is 42.5 Å². The molecule has 0 saturated carbocycles. The van der Waals surface area contributed by atoms with E-state index in [1.807, 2.05) is 6.07 Å². The highest BCUT2D eigenvalue weighted by molar-refractivity contribution is 5.58. The Labute approximate surface area is 116 Å². The van der Waals surface area contributed by atoms with Gasteiger partial charge < -0.3 is 10.6 Å². The van der Waals surface area contributed by atoms with Gasteiger partial charge in [-0.05, 0) is 41.8 Å². The van der Waals surface area contributed by atoms with Gasteiger partial charge in [0.25, 0.3) is 0 Å². The second kappa shape index (κ2) is 5.21. The molecule has 1 aliphatic rings. The predicted molar refractivity (Wildman–Crippen MR) is 75.6 cm³/mol. The van der Waals surface area contributed by atoms with Crippen molar-refractivity contribution in [3.63, 3.8) is 0 Å². The molecule has 0 aliphatic carbocycles. The van der Waals surface area contributed by atoms with Gasteiger partial charge in [-0.1, -0.05) is 18.2 Å². The van der Waals surface area contributed by atoms with Crippen molar-refractivity contribution in [2.75, 3.05) is 18.0 Å². The molecule has 2 N–H and O–H groups in total. The van der Waals surface area contributed by atoms with Crippen LogP contribution in [0.2, 0.25) is 0 Å². The van der Waals surface area contributed by atoms with Crippen LogP contribution in [0.1, 0.15) is 17.2 Å². The molecule has 0 spiro atoms. The number of halogens is 2. The third-order valence-corrected chi connectivity index (χ3v) is 3.75. The van der Waals surface area contributed by atoms with E-state index in [2.05, 4.69) is 4.90 Å². The molecule has 104 valence electrons. The standard InChI is InChI=1S/C16H16F2N2/c17-13-4-1-11(2-5-13)15(19)10-20-8-7-12-3-6-14(18)9-16(12)20/h1-6,9,15H,7-8,10,19H2. The molecule has 0 saturated heterocycles. The molecule has 20 heavy (non-hydrogen) atoms. The largest absolute Gasteiger partial charge is 0.369 e. The molecular weight excluding hydrogens is 258 g/mol. The van der Waals surface area contributed by atoms with Crippen molar-refractivity contribution in [1.82, 2.24) is 0 Å². The minimum absolute atomic E-state index is 0.218. The van der Waals surface area contributed by atoms with Crippen molar-refractivity contribution >= 4 is 5.69 Å². The summed E-state index contributed by atoms with van der Waals surface area (Å²) >= 11 is 0. The molecule has 0 aromatic heterocycles. The van der Waals surface area contributed by atoms with E-state index in [-0.39, 0.29) is 17.7 Å². The summed E-state index contributed by atoms with van der Waals surface area (Å²) in [7, 11) is 0. The summed E-state index contributed by atoms with van der Waals surface area (Å²) in [5.41, 5.74) is 9.12. The zero-order chi connectivity index (χ0) is 14.1. The topological polar surface area (TPSA) is 29.3 Å². The minimum atomic E-state index is -0.269. The minimum Gasteiger partial charge on any atom is -0.369 e. The first-order valence-electron chi connectivity index (χ1n) is 6.68. The highest BCUT2D eigenvalue weighted by Gasteiger charge is 2.21. The number of hydrogen-bond acceptors (Lipinski definition) is 2. The van der Waals surface area contributed by atoms with Crippen LogP contribution in [0.5, 0.6) is 0 Å². The van der Waals surface area contributed by atoms with Gasteiger partial charge in [-0.15, -0.1) is 0 Å². The second-order valence-corrected chi connectivity index (χ2v) is 5.13. The lowest BCUT2D eigenvalue weighted by atomic mass is 10.1. The van der Waals surface area contributed by atoms with Crippen LogP contribution in [0.4, 0.5) is 14.5 Å². The van der Waals surface area contributed by atoms with Crippen LogP contribution >= 0.6 is 0 Å². The Morgan fingerprint density at radius 2 is 1.75 bits per heavy atom. The molecule has 0 radical (unpaired) electrons. The smallest absolute Gasteiger partial charge is 0.125 e. The number of nitrogens with zero attached hydrogens (tertiary/aromatic N) is 1. The van der Waals surface area contributed by atoms with Gasteiger partial charge in [0.05, 0.1) is 0 Å². The van der Waals surface area contributed by atoms with E-state index in [1.54, 1.807) is 18.2 Å². The molecule has 2 aromatic carbocycles. The fourth-order valence-corrected chi connectivity index (χ4v) is 2.66. The fourth-order valence-electron chi connectivity index (χ4n) is 2.66. The van der Waals surface area contributed by atoms with Crippen LogP contribution in [-0.4, -0.2) is 13.1 Å². The number of nitrogens with two attached hydrogens (primary N) is 1. The summed E-state index contributed by atoms with van der Waals surface area (Å²) < 4.78 is 26.2. The maximum absolute atomic E-state index is 13.3. The van der Waals surface area contributed by atoms with Gasteiger partial charge in [0.15, 0.2) is 0 Å². The summed E-state index contributed by atoms with van der Waals surface area (Å²) in [6.07, 6.45) is 0.908. The number of anilines is 1. The first kappa shape index (κ1) is 13.1. The van der Waals surface area contributed by atoms with Crippen LogP contribution in [0, 0.1) is 11.6 Å². The molecule has 1 heterocycles. The van der Waals surface area contributed by atoms with E-state index in [4.69, 9.17) is 5.73 Å². The first-order valence-corrected chi connectivity index (χ1v) is 6.68. The van der Waals surface area contributed by atoms with Crippen LogP contribution in [0.3, 0.4) is 0 Å². The van der Waals surface area contributed by atoms with Crippen molar-refractivity contribution in [2.24, 2.45) is 5.73 Å². The maximum atomic E-state index is 13.3. The van der Waals surface area contributed by atoms with Gasteiger partial charge in [0.2, 0.25) is 0 Å². The summed E-state index contributed by atoms with van der Waals surface area (Å²) in [6.45, 7) is 1.44. The molecule has 2 aromatic rings. The predicted octanol–water partition coefficient (Wildman–Crippen LogP) is 3.03. The van der Waals surface area contributed by atoms with Gasteiger partial charge in [-0.25, -0.2) is 8.78 Å². The van der Waals surface area contributed by atoms with Crippen molar-refractivity contribution in [3.8, 4) is 0 Å². The number of rotatable bonds is 3. The van der Waals surface area contributed by atoms with Crippen molar-refractivity contribution in [2.45, 2.75) is 12.5 Å². The monoisotopic (exact) mass is 274 g/mol. The van der Waals surface area contributed by atoms with E-state index in [1.165, 1.54) is 18.2 Å². The Balaban J connectivity index is 1.76. The normalized spacial score (nSPS) is 15.2. The lowest BCUT2D eigenvalue weighted by Gasteiger charge is -2.24. The molecule has 0 amide bonds. The Morgan fingerprint density at radius 1 is 1.05 bits per heavy atom. The lowest BCUT2D eigenvalue weighted by Crippen LogP contribution is -2.30. The third kappa shape index (κ3) is 2.51. The Morgan fingerprint density at radius 3 is 2.50 bits per heavy atom. The van der Waals surface area contributed by atoms with E-state index >= 15 is 0 Å². The zero-order valence-corrected chi connectivity index (χ0v) is 11.0. The Hall–Kier alpha value is -1.94. The van der Waals surface area contributed by atoms with Crippen molar-refractivity contribution in [1.29, 1.82) is 0 Å². The Bertz CT molecular complexity index is 610. The van der Waals surface area contributed by atoms with Gasteiger partial charge in [0.1, 0.15) is 11.6 Å². The second-order valence-electron chi connectivity index (χ2n) is 5.13. The van der Waals surface area contributed by atoms with Crippen LogP contribution in [0.25, 0.3) is 0 Å². The number of fused-ring (bicyclic) bond motifs is 1. The van der Waals surface area contributed by atoms with Crippen molar-refractivity contribution < 1.29 is 8.78 Å². The summed E-state index contributed by atoms with van der Waals surface area (Å²) in [5, 5.41) is 0. The molecule has 3 rings (SSSR count). The average molecular weight is 274 g/mol. The van der Waals surface area contributed by atoms with E-state index in [0.29, 0.717) is 6.54 Å². The molecule has 0 fully saturated rings. The summed E-state index contributed by atoms with van der Waals surface area (Å²) in [4.78, 5) is 2.09. The fraction of sp³-hybridized carbons (Fsp3) is 0.250. The highest BCUT2D eigenvalue weighted by atomic mass is 19.1. The first-order chi connectivity index (χ1) is 9.63. The number of hydrogen-bond donors (Lipinski definition) is 1. The van der Waals surface area contributed by atoms with Gasteiger partial charge in [-0.3, -0.25) is 0 Å². The molecule has 0 bridgehead atoms. The highest BCUT2D eigenvalue weighted by Crippen LogP contribution is 2.30. The zero-order valence-electron chi connectivity index (χ0n) is 11.0. The van der Waals surface area contributed by atoms with Gasteiger partial charge >= 0.3 is 0 Å². The molecular formula is C16H16F2N2. The van der Waals surface area contributed by atoms with E-state index in [0.717, 1.165) is 29.8 Å². The molecule has 1 atom stereocenters. The third-order valence-electron chi connectivity index (χ3n) is 3.75. The quantitative estimate of drug-likeness (QED) is 0.932. The van der Waals surface area contributed by atoms with Gasteiger partial charge in [0, 0.05) is 24.8 Å². The molecule has 1 unspecified atom stereocenters. The molecule has 1 aliphatic heterocycles. The SMILES string of the molecule is NC(CN1CCc2ccc(F)cc21)c1ccc(F)cc1. The number of benzene rings is 2. The Kier molecular flexibility index (Phi) is 3.40. The lowest BCUT2D eigenvalue weighted by molar-refractivity contribution is 0.621. The van der Waals surface area contributed by atoms with Crippen molar-refractivity contribution in [3.05, 3.63) is 65.2 Å². The van der Waals surface area contributed by atoms with Crippen LogP contribution in [-0.2, 0) is 6.42 Å². The molecule has 4 heteroatoms. The van der Waals surface area contributed by atoms with E-state index < -0.39 is 0 Å². The summed E-state index contributed by atoms with van der Waals surface area (Å²) in [6, 6.07) is 10.9. The summed E-state index contributed by atoms with van der Waals surface area (Å²) in [5.74, 6) is -0.499. The maximum Gasteiger partial charge on any atom is 0.125 e. The van der Waals surface area contributed by atoms with Gasteiger partial charge in [-0.2, -0.15) is 0 Å². The van der Waals surface area contributed by atoms with Crippen LogP contribution < -0.4 is 10.6 Å². The van der Waals surface area contributed by atoms with E-state index in [9.17, 15) is 8.78 Å². The molecule has 2 nitrogen and oxygen atoms in total. The average Bonchev–Trinajstić information content (AvgIpc) is 2.82.